The van der Waals surface area contributed by atoms with Crippen LogP contribution in [0.1, 0.15) is 18.4 Å². The molecule has 2 aliphatic rings. The van der Waals surface area contributed by atoms with Gasteiger partial charge >= 0.3 is 6.18 Å². The van der Waals surface area contributed by atoms with Gasteiger partial charge in [0.05, 0.1) is 23.9 Å². The van der Waals surface area contributed by atoms with Crippen molar-refractivity contribution in [3.63, 3.8) is 0 Å². The summed E-state index contributed by atoms with van der Waals surface area (Å²) in [6.45, 7) is 0.822. The van der Waals surface area contributed by atoms with Crippen molar-refractivity contribution in [3.05, 3.63) is 23.8 Å². The highest BCUT2D eigenvalue weighted by Crippen LogP contribution is 2.37. The first-order valence-corrected chi connectivity index (χ1v) is 9.13. The molecule has 2 fully saturated rings. The summed E-state index contributed by atoms with van der Waals surface area (Å²) in [5.74, 6) is -0.537. The summed E-state index contributed by atoms with van der Waals surface area (Å²) in [4.78, 5) is 25.5. The fourth-order valence-corrected chi connectivity index (χ4v) is 2.97. The molecule has 7 nitrogen and oxygen atoms in total. The molecule has 0 radical (unpaired) electrons. The molecule has 1 aromatic carbocycles. The van der Waals surface area contributed by atoms with Crippen LogP contribution in [-0.2, 0) is 20.5 Å². The Morgan fingerprint density at radius 2 is 2.11 bits per heavy atom. The van der Waals surface area contributed by atoms with Crippen LogP contribution in [-0.4, -0.2) is 50.7 Å². The first-order chi connectivity index (χ1) is 13.3. The number of anilines is 2. The van der Waals surface area contributed by atoms with E-state index >= 15 is 0 Å². The zero-order valence-corrected chi connectivity index (χ0v) is 15.2. The van der Waals surface area contributed by atoms with Gasteiger partial charge in [-0.2, -0.15) is 13.2 Å². The maximum atomic E-state index is 13.6. The van der Waals surface area contributed by atoms with Crippen LogP contribution < -0.4 is 21.3 Å². The van der Waals surface area contributed by atoms with E-state index in [2.05, 4.69) is 10.6 Å². The number of amides is 2. The van der Waals surface area contributed by atoms with E-state index in [-0.39, 0.29) is 37.7 Å². The molecule has 1 atom stereocenters. The first kappa shape index (κ1) is 20.6. The van der Waals surface area contributed by atoms with Crippen LogP contribution in [0, 0.1) is 5.92 Å². The van der Waals surface area contributed by atoms with Gasteiger partial charge in [-0.3, -0.25) is 9.59 Å². The van der Waals surface area contributed by atoms with Crippen LogP contribution in [0.4, 0.5) is 24.5 Å². The smallest absolute Gasteiger partial charge is 0.370 e. The molecule has 1 aromatic rings. The number of carbonyl (C=O) groups is 2. The lowest BCUT2D eigenvalue weighted by Gasteiger charge is -2.28. The van der Waals surface area contributed by atoms with Crippen LogP contribution in [0.5, 0.6) is 0 Å². The maximum absolute atomic E-state index is 13.6. The predicted octanol–water partition coefficient (Wildman–Crippen LogP) is 1.33. The molecule has 0 bridgehead atoms. The number of halogens is 3. The lowest BCUT2D eigenvalue weighted by molar-refractivity contribution is -0.137. The highest BCUT2D eigenvalue weighted by atomic mass is 19.4. The molecule has 0 aromatic heterocycles. The van der Waals surface area contributed by atoms with Crippen molar-refractivity contribution in [1.29, 1.82) is 0 Å². The molecule has 2 amide bonds. The first-order valence-electron chi connectivity index (χ1n) is 9.13. The molecule has 1 saturated heterocycles. The van der Waals surface area contributed by atoms with Crippen LogP contribution in [0.2, 0.25) is 0 Å². The second-order valence-corrected chi connectivity index (χ2v) is 6.95. The average Bonchev–Trinajstić information content (AvgIpc) is 3.46. The van der Waals surface area contributed by atoms with Gasteiger partial charge in [-0.15, -0.1) is 0 Å². The van der Waals surface area contributed by atoms with Crippen molar-refractivity contribution in [1.82, 2.24) is 5.32 Å². The van der Waals surface area contributed by atoms with Crippen LogP contribution >= 0.6 is 0 Å². The van der Waals surface area contributed by atoms with Crippen molar-refractivity contribution in [2.75, 3.05) is 43.1 Å². The van der Waals surface area contributed by atoms with Crippen molar-refractivity contribution in [3.8, 4) is 0 Å². The summed E-state index contributed by atoms with van der Waals surface area (Å²) in [7, 11) is 0. The minimum Gasteiger partial charge on any atom is -0.370 e. The number of hydrogen-bond donors (Lipinski definition) is 3. The highest BCUT2D eigenvalue weighted by Gasteiger charge is 2.36. The predicted molar refractivity (Wildman–Crippen MR) is 96.8 cm³/mol. The van der Waals surface area contributed by atoms with Gasteiger partial charge in [0, 0.05) is 18.8 Å². The maximum Gasteiger partial charge on any atom is 0.418 e. The molecule has 0 spiro atoms. The number of rotatable bonds is 7. The van der Waals surface area contributed by atoms with Crippen molar-refractivity contribution in [2.24, 2.45) is 11.7 Å². The minimum atomic E-state index is -4.70. The molecule has 1 heterocycles. The number of ether oxygens (including phenoxy) is 1. The number of carbonyl (C=O) groups excluding carboxylic acids is 2. The van der Waals surface area contributed by atoms with E-state index in [4.69, 9.17) is 10.5 Å². The molecule has 4 N–H and O–H groups in total. The second-order valence-electron chi connectivity index (χ2n) is 6.95. The Labute approximate surface area is 160 Å². The molecule has 1 saturated carbocycles. The van der Waals surface area contributed by atoms with E-state index < -0.39 is 29.6 Å². The third-order valence-corrected chi connectivity index (χ3v) is 4.77. The van der Waals surface area contributed by atoms with E-state index in [0.717, 1.165) is 25.0 Å². The lowest BCUT2D eigenvalue weighted by Crippen LogP contribution is -2.46. The highest BCUT2D eigenvalue weighted by molar-refractivity contribution is 5.97. The fourth-order valence-electron chi connectivity index (χ4n) is 2.97. The topological polar surface area (TPSA) is 96.7 Å². The Balaban J connectivity index is 1.79. The number of benzene rings is 1. The van der Waals surface area contributed by atoms with E-state index in [1.165, 1.54) is 11.0 Å². The normalized spacial score (nSPS) is 18.9. The Bertz CT molecular complexity index is 737. The van der Waals surface area contributed by atoms with Gasteiger partial charge in [-0.1, -0.05) is 0 Å². The van der Waals surface area contributed by atoms with E-state index in [9.17, 15) is 22.8 Å². The second kappa shape index (κ2) is 8.46. The van der Waals surface area contributed by atoms with Gasteiger partial charge in [0.15, 0.2) is 0 Å². The van der Waals surface area contributed by atoms with Gasteiger partial charge in [0.1, 0.15) is 6.61 Å². The summed E-state index contributed by atoms with van der Waals surface area (Å²) in [6, 6.07) is 2.63. The third kappa shape index (κ3) is 5.00. The average molecular weight is 400 g/mol. The molecular weight excluding hydrogens is 377 g/mol. The number of morpholine rings is 1. The SMILES string of the molecule is NC[C@@H](NCC1CC1)C(=O)Nc1ccc(N2CCOCC2=O)cc1C(F)(F)F. The number of hydrogen-bond acceptors (Lipinski definition) is 5. The summed E-state index contributed by atoms with van der Waals surface area (Å²) in [5, 5.41) is 5.32. The van der Waals surface area contributed by atoms with Crippen molar-refractivity contribution < 1.29 is 27.5 Å². The van der Waals surface area contributed by atoms with Gasteiger partial charge in [0.25, 0.3) is 5.91 Å². The number of alkyl halides is 3. The van der Waals surface area contributed by atoms with Gasteiger partial charge in [-0.25, -0.2) is 0 Å². The Morgan fingerprint density at radius 1 is 1.36 bits per heavy atom. The van der Waals surface area contributed by atoms with E-state index in [1.54, 1.807) is 0 Å². The Kier molecular flexibility index (Phi) is 6.21. The zero-order chi connectivity index (χ0) is 20.3. The number of nitrogens with zero attached hydrogens (tertiary/aromatic N) is 1. The summed E-state index contributed by atoms with van der Waals surface area (Å²) in [5.41, 5.74) is 4.32. The standard InChI is InChI=1S/C18H23F3N4O3/c19-18(20,21)13-7-12(25-5-6-28-10-16(25)26)3-4-14(13)24-17(27)15(8-22)23-9-11-1-2-11/h3-4,7,11,15,23H,1-2,5-6,8-10,22H2,(H,24,27)/t15-/m1/s1. The lowest BCUT2D eigenvalue weighted by atomic mass is 10.1. The monoisotopic (exact) mass is 400 g/mol. The summed E-state index contributed by atoms with van der Waals surface area (Å²) < 4.78 is 45.7. The summed E-state index contributed by atoms with van der Waals surface area (Å²) >= 11 is 0. The van der Waals surface area contributed by atoms with Crippen LogP contribution in [0.15, 0.2) is 18.2 Å². The van der Waals surface area contributed by atoms with E-state index in [0.29, 0.717) is 12.5 Å². The van der Waals surface area contributed by atoms with Gasteiger partial charge in [-0.05, 0) is 43.5 Å². The van der Waals surface area contributed by atoms with Crippen LogP contribution in [0.25, 0.3) is 0 Å². The zero-order valence-electron chi connectivity index (χ0n) is 15.2. The summed E-state index contributed by atoms with van der Waals surface area (Å²) in [6.07, 6.45) is -2.55. The Morgan fingerprint density at radius 3 is 2.71 bits per heavy atom. The molecule has 3 rings (SSSR count). The third-order valence-electron chi connectivity index (χ3n) is 4.77. The molecule has 1 aliphatic heterocycles. The van der Waals surface area contributed by atoms with Gasteiger partial charge in [0.2, 0.25) is 5.91 Å². The quantitative estimate of drug-likeness (QED) is 0.642. The molecule has 0 unspecified atom stereocenters. The molecule has 10 heteroatoms. The fraction of sp³-hybridized carbons (Fsp3) is 0.556. The van der Waals surface area contributed by atoms with Crippen LogP contribution in [0.3, 0.4) is 0 Å². The molecule has 28 heavy (non-hydrogen) atoms. The number of nitrogens with one attached hydrogen (secondary N) is 2. The van der Waals surface area contributed by atoms with E-state index in [1.807, 2.05) is 0 Å². The Hall–Kier alpha value is -2.17. The van der Waals surface area contributed by atoms with Crippen molar-refractivity contribution >= 4 is 23.2 Å². The van der Waals surface area contributed by atoms with Gasteiger partial charge < -0.3 is 26.0 Å². The minimum absolute atomic E-state index is 0.0275. The van der Waals surface area contributed by atoms with Crippen molar-refractivity contribution in [2.45, 2.75) is 25.1 Å². The molecule has 154 valence electrons. The molecule has 1 aliphatic carbocycles. The number of nitrogens with two attached hydrogens (primary N) is 1. The largest absolute Gasteiger partial charge is 0.418 e. The molecular formula is C18H23F3N4O3.